The first kappa shape index (κ1) is 11.3. The van der Waals surface area contributed by atoms with Crippen molar-refractivity contribution in [2.24, 2.45) is 0 Å². The average Bonchev–Trinajstić information content (AvgIpc) is 2.71. The summed E-state index contributed by atoms with van der Waals surface area (Å²) in [6.45, 7) is 1.44. The molecule has 16 heavy (non-hydrogen) atoms. The molecule has 0 spiro atoms. The Hall–Kier alpha value is -1.24. The van der Waals surface area contributed by atoms with Gasteiger partial charge in [-0.3, -0.25) is 4.79 Å². The van der Waals surface area contributed by atoms with E-state index in [1.165, 1.54) is 6.92 Å². The van der Waals surface area contributed by atoms with Crippen molar-refractivity contribution in [3.8, 4) is 0 Å². The van der Waals surface area contributed by atoms with E-state index < -0.39 is 9.84 Å². The molecule has 1 aliphatic rings. The predicted molar refractivity (Wildman–Crippen MR) is 54.7 cm³/mol. The third-order valence-corrected chi connectivity index (χ3v) is 4.24. The summed E-state index contributed by atoms with van der Waals surface area (Å²) in [5, 5.41) is 3.65. The lowest BCUT2D eigenvalue weighted by Gasteiger charge is -1.97. The van der Waals surface area contributed by atoms with Gasteiger partial charge in [-0.05, 0) is 13.3 Å². The van der Waals surface area contributed by atoms with Gasteiger partial charge in [0.2, 0.25) is 5.89 Å². The van der Waals surface area contributed by atoms with E-state index in [0.29, 0.717) is 18.1 Å². The van der Waals surface area contributed by atoms with Crippen molar-refractivity contribution in [3.05, 3.63) is 11.7 Å². The van der Waals surface area contributed by atoms with Crippen LogP contribution in [0.15, 0.2) is 4.52 Å². The summed E-state index contributed by atoms with van der Waals surface area (Å²) >= 11 is 0. The van der Waals surface area contributed by atoms with Gasteiger partial charge in [-0.15, -0.1) is 0 Å². The van der Waals surface area contributed by atoms with E-state index in [9.17, 15) is 13.2 Å². The van der Waals surface area contributed by atoms with Crippen LogP contribution in [0.2, 0.25) is 0 Å². The summed E-state index contributed by atoms with van der Waals surface area (Å²) in [6.07, 6.45) is 0.646. The van der Waals surface area contributed by atoms with Gasteiger partial charge in [-0.1, -0.05) is 5.16 Å². The second-order valence-electron chi connectivity index (χ2n) is 4.03. The van der Waals surface area contributed by atoms with Gasteiger partial charge in [0.05, 0.1) is 23.8 Å². The molecular formula is C9H12N2O4S. The Balaban J connectivity index is 2.11. The summed E-state index contributed by atoms with van der Waals surface area (Å²) in [4.78, 5) is 14.9. The van der Waals surface area contributed by atoms with Crippen molar-refractivity contribution in [1.29, 1.82) is 0 Å². The van der Waals surface area contributed by atoms with Crippen LogP contribution in [0.25, 0.3) is 0 Å². The molecule has 0 aromatic carbocycles. The first-order chi connectivity index (χ1) is 7.46. The van der Waals surface area contributed by atoms with Gasteiger partial charge in [-0.2, -0.15) is 4.98 Å². The van der Waals surface area contributed by atoms with Gasteiger partial charge in [0.25, 0.3) is 0 Å². The van der Waals surface area contributed by atoms with Crippen LogP contribution in [0, 0.1) is 0 Å². The minimum Gasteiger partial charge on any atom is -0.339 e. The maximum atomic E-state index is 11.3. The van der Waals surface area contributed by atoms with E-state index in [-0.39, 0.29) is 29.6 Å². The van der Waals surface area contributed by atoms with Crippen LogP contribution in [0.3, 0.4) is 0 Å². The van der Waals surface area contributed by atoms with Crippen LogP contribution < -0.4 is 0 Å². The van der Waals surface area contributed by atoms with Crippen molar-refractivity contribution in [2.45, 2.75) is 25.7 Å². The number of carbonyl (C=O) groups is 1. The fourth-order valence-corrected chi connectivity index (χ4v) is 3.45. The Morgan fingerprint density at radius 3 is 2.88 bits per heavy atom. The molecule has 1 saturated heterocycles. The van der Waals surface area contributed by atoms with E-state index in [1.54, 1.807) is 0 Å². The zero-order chi connectivity index (χ0) is 11.8. The zero-order valence-corrected chi connectivity index (χ0v) is 9.66. The van der Waals surface area contributed by atoms with Crippen molar-refractivity contribution < 1.29 is 17.7 Å². The zero-order valence-electron chi connectivity index (χ0n) is 8.84. The Labute approximate surface area is 93.0 Å². The third kappa shape index (κ3) is 2.46. The molecule has 1 aromatic rings. The van der Waals surface area contributed by atoms with Crippen LogP contribution in [0.5, 0.6) is 0 Å². The maximum Gasteiger partial charge on any atom is 0.230 e. The lowest BCUT2D eigenvalue weighted by Crippen LogP contribution is -2.04. The standard InChI is InChI=1S/C9H12N2O4S/c1-6(12)4-8-10-9(15-11-8)7-2-3-16(13,14)5-7/h7H,2-5H2,1H3. The molecule has 0 aliphatic carbocycles. The molecule has 0 amide bonds. The number of nitrogens with zero attached hydrogens (tertiary/aromatic N) is 2. The van der Waals surface area contributed by atoms with Crippen LogP contribution in [0.4, 0.5) is 0 Å². The highest BCUT2D eigenvalue weighted by molar-refractivity contribution is 7.91. The minimum absolute atomic E-state index is 0.0496. The van der Waals surface area contributed by atoms with Crippen molar-refractivity contribution in [3.63, 3.8) is 0 Å². The first-order valence-electron chi connectivity index (χ1n) is 4.98. The predicted octanol–water partition coefficient (Wildman–Crippen LogP) is 0.103. The fourth-order valence-electron chi connectivity index (χ4n) is 1.72. The van der Waals surface area contributed by atoms with Crippen molar-refractivity contribution in [2.75, 3.05) is 11.5 Å². The summed E-state index contributed by atoms with van der Waals surface area (Å²) in [7, 11) is -2.95. The number of ketones is 1. The average molecular weight is 244 g/mol. The van der Waals surface area contributed by atoms with Gasteiger partial charge in [-0.25, -0.2) is 8.42 Å². The first-order valence-corrected chi connectivity index (χ1v) is 6.81. The molecular weight excluding hydrogens is 232 g/mol. The topological polar surface area (TPSA) is 90.1 Å². The number of aromatic nitrogens is 2. The number of carbonyl (C=O) groups excluding carboxylic acids is 1. The quantitative estimate of drug-likeness (QED) is 0.749. The van der Waals surface area contributed by atoms with Gasteiger partial charge in [0.15, 0.2) is 15.7 Å². The molecule has 6 nitrogen and oxygen atoms in total. The Kier molecular flexibility index (Phi) is 2.79. The van der Waals surface area contributed by atoms with Crippen LogP contribution in [0.1, 0.15) is 31.0 Å². The minimum atomic E-state index is -2.95. The number of hydrogen-bond acceptors (Lipinski definition) is 6. The molecule has 0 saturated carbocycles. The molecule has 0 radical (unpaired) electrons. The normalized spacial score (nSPS) is 23.4. The molecule has 2 rings (SSSR count). The lowest BCUT2D eigenvalue weighted by atomic mass is 10.1. The molecule has 1 atom stereocenters. The maximum absolute atomic E-state index is 11.3. The Bertz CT molecular complexity index is 505. The number of rotatable bonds is 3. The fraction of sp³-hybridized carbons (Fsp3) is 0.667. The van der Waals surface area contributed by atoms with E-state index >= 15 is 0 Å². The van der Waals surface area contributed by atoms with Gasteiger partial charge < -0.3 is 4.52 Å². The lowest BCUT2D eigenvalue weighted by molar-refractivity contribution is -0.116. The largest absolute Gasteiger partial charge is 0.339 e. The molecule has 0 N–H and O–H groups in total. The van der Waals surface area contributed by atoms with E-state index in [0.717, 1.165) is 0 Å². The summed E-state index contributed by atoms with van der Waals surface area (Å²) < 4.78 is 27.5. The van der Waals surface area contributed by atoms with E-state index in [4.69, 9.17) is 4.52 Å². The molecule has 1 aromatic heterocycles. The van der Waals surface area contributed by atoms with Gasteiger partial charge in [0.1, 0.15) is 5.78 Å². The molecule has 0 bridgehead atoms. The molecule has 1 fully saturated rings. The number of hydrogen-bond donors (Lipinski definition) is 0. The highest BCUT2D eigenvalue weighted by atomic mass is 32.2. The number of sulfone groups is 1. The van der Waals surface area contributed by atoms with Crippen LogP contribution >= 0.6 is 0 Å². The molecule has 1 unspecified atom stereocenters. The SMILES string of the molecule is CC(=O)Cc1noc(C2CCS(=O)(=O)C2)n1. The van der Waals surface area contributed by atoms with E-state index in [2.05, 4.69) is 10.1 Å². The van der Waals surface area contributed by atoms with Crippen LogP contribution in [-0.2, 0) is 21.1 Å². The molecule has 1 aliphatic heterocycles. The highest BCUT2D eigenvalue weighted by Crippen LogP contribution is 2.27. The Morgan fingerprint density at radius 1 is 1.56 bits per heavy atom. The van der Waals surface area contributed by atoms with E-state index in [1.807, 2.05) is 0 Å². The van der Waals surface area contributed by atoms with Crippen molar-refractivity contribution >= 4 is 15.6 Å². The summed E-state index contributed by atoms with van der Waals surface area (Å²) in [6, 6.07) is 0. The highest BCUT2D eigenvalue weighted by Gasteiger charge is 2.32. The van der Waals surface area contributed by atoms with Gasteiger partial charge >= 0.3 is 0 Å². The third-order valence-electron chi connectivity index (χ3n) is 2.47. The second-order valence-corrected chi connectivity index (χ2v) is 6.26. The monoisotopic (exact) mass is 244 g/mol. The summed E-state index contributed by atoms with van der Waals surface area (Å²) in [5.41, 5.74) is 0. The molecule has 88 valence electrons. The summed E-state index contributed by atoms with van der Waals surface area (Å²) in [5.74, 6) is 0.630. The van der Waals surface area contributed by atoms with Crippen LogP contribution in [-0.4, -0.2) is 35.8 Å². The van der Waals surface area contributed by atoms with Crippen molar-refractivity contribution in [1.82, 2.24) is 10.1 Å². The second kappa shape index (κ2) is 3.97. The smallest absolute Gasteiger partial charge is 0.230 e. The molecule has 2 heterocycles. The molecule has 7 heteroatoms. The Morgan fingerprint density at radius 2 is 2.31 bits per heavy atom. The number of Topliss-reactive ketones (excluding diaryl/α,β-unsaturated/α-hetero) is 1. The van der Waals surface area contributed by atoms with Gasteiger partial charge in [0, 0.05) is 0 Å².